The van der Waals surface area contributed by atoms with Crippen molar-refractivity contribution in [3.05, 3.63) is 46.1 Å². The van der Waals surface area contributed by atoms with Crippen molar-refractivity contribution >= 4 is 27.7 Å². The van der Waals surface area contributed by atoms with Crippen molar-refractivity contribution in [2.24, 2.45) is 0 Å². The zero-order chi connectivity index (χ0) is 15.4. The molecule has 0 spiro atoms. The van der Waals surface area contributed by atoms with Crippen molar-refractivity contribution in [1.29, 1.82) is 0 Å². The molecule has 21 heavy (non-hydrogen) atoms. The number of carbonyl (C=O) groups is 1. The van der Waals surface area contributed by atoms with E-state index in [2.05, 4.69) is 26.2 Å². The van der Waals surface area contributed by atoms with Crippen LogP contribution in [0.5, 0.6) is 11.5 Å². The summed E-state index contributed by atoms with van der Waals surface area (Å²) < 4.78 is 11.2. The molecule has 5 nitrogen and oxygen atoms in total. The Morgan fingerprint density at radius 1 is 1.14 bits per heavy atom. The fourth-order valence-electron chi connectivity index (χ4n) is 1.78. The Bertz CT molecular complexity index is 674. The first-order valence-electron chi connectivity index (χ1n) is 6.21. The van der Waals surface area contributed by atoms with Gasteiger partial charge in [-0.2, -0.15) is 0 Å². The van der Waals surface area contributed by atoms with Crippen molar-refractivity contribution in [3.8, 4) is 11.5 Å². The van der Waals surface area contributed by atoms with Crippen LogP contribution >= 0.6 is 15.9 Å². The van der Waals surface area contributed by atoms with Crippen LogP contribution in [0.15, 0.2) is 34.8 Å². The van der Waals surface area contributed by atoms with E-state index in [1.54, 1.807) is 31.4 Å². The summed E-state index contributed by atoms with van der Waals surface area (Å²) in [5.74, 6) is 1.32. The summed E-state index contributed by atoms with van der Waals surface area (Å²) in [5, 5.41) is 2.75. The summed E-state index contributed by atoms with van der Waals surface area (Å²) in [6.07, 6.45) is 0. The Balaban J connectivity index is 2.21. The van der Waals surface area contributed by atoms with E-state index in [9.17, 15) is 4.79 Å². The number of methoxy groups -OCH3 is 2. The molecule has 0 saturated heterocycles. The monoisotopic (exact) mass is 350 g/mol. The van der Waals surface area contributed by atoms with E-state index < -0.39 is 0 Å². The third-order valence-corrected chi connectivity index (χ3v) is 3.75. The fourth-order valence-corrected chi connectivity index (χ4v) is 2.00. The molecule has 0 aliphatic heterocycles. The van der Waals surface area contributed by atoms with Gasteiger partial charge < -0.3 is 14.8 Å². The molecule has 0 bridgehead atoms. The molecule has 1 amide bonds. The van der Waals surface area contributed by atoms with Gasteiger partial charge in [-0.05, 0) is 53.2 Å². The van der Waals surface area contributed by atoms with Gasteiger partial charge in [0.25, 0.3) is 5.91 Å². The highest BCUT2D eigenvalue weighted by atomic mass is 79.9. The van der Waals surface area contributed by atoms with Crippen LogP contribution in [0, 0.1) is 6.92 Å². The van der Waals surface area contributed by atoms with Gasteiger partial charge in [-0.25, -0.2) is 4.98 Å². The van der Waals surface area contributed by atoms with E-state index in [1.165, 1.54) is 7.11 Å². The lowest BCUT2D eigenvalue weighted by Crippen LogP contribution is -2.13. The molecular formula is C15H15BrN2O3. The van der Waals surface area contributed by atoms with Crippen LogP contribution in [0.1, 0.15) is 16.1 Å². The second-order valence-electron chi connectivity index (χ2n) is 4.29. The number of ether oxygens (including phenoxy) is 2. The summed E-state index contributed by atoms with van der Waals surface area (Å²) in [6.45, 7) is 1.86. The summed E-state index contributed by atoms with van der Waals surface area (Å²) >= 11 is 3.37. The Labute approximate surface area is 131 Å². The van der Waals surface area contributed by atoms with Crippen LogP contribution in [0.25, 0.3) is 0 Å². The van der Waals surface area contributed by atoms with Crippen LogP contribution < -0.4 is 14.8 Å². The quantitative estimate of drug-likeness (QED) is 0.917. The lowest BCUT2D eigenvalue weighted by atomic mass is 10.2. The Hall–Kier alpha value is -2.08. The van der Waals surface area contributed by atoms with Crippen LogP contribution in [-0.4, -0.2) is 25.1 Å². The zero-order valence-electron chi connectivity index (χ0n) is 11.9. The SMILES string of the molecule is COc1ccc(C(=O)Nc2ccc(Br)c(C)n2)cc1OC. The van der Waals surface area contributed by atoms with Gasteiger partial charge in [0.2, 0.25) is 0 Å². The minimum atomic E-state index is -0.259. The predicted octanol–water partition coefficient (Wildman–Crippen LogP) is 3.42. The van der Waals surface area contributed by atoms with Crippen molar-refractivity contribution in [3.63, 3.8) is 0 Å². The molecule has 1 N–H and O–H groups in total. The number of aromatic nitrogens is 1. The highest BCUT2D eigenvalue weighted by Crippen LogP contribution is 2.27. The smallest absolute Gasteiger partial charge is 0.256 e. The minimum absolute atomic E-state index is 0.259. The molecule has 0 aliphatic carbocycles. The maximum absolute atomic E-state index is 12.2. The number of anilines is 1. The Morgan fingerprint density at radius 3 is 2.48 bits per heavy atom. The lowest BCUT2D eigenvalue weighted by molar-refractivity contribution is 0.102. The van der Waals surface area contributed by atoms with E-state index in [1.807, 2.05) is 13.0 Å². The average Bonchev–Trinajstić information content (AvgIpc) is 2.50. The Kier molecular flexibility index (Phi) is 4.80. The fraction of sp³-hybridized carbons (Fsp3) is 0.200. The number of halogens is 1. The van der Waals surface area contributed by atoms with E-state index >= 15 is 0 Å². The van der Waals surface area contributed by atoms with Gasteiger partial charge in [0.15, 0.2) is 11.5 Å². The third kappa shape index (κ3) is 3.52. The molecular weight excluding hydrogens is 336 g/mol. The van der Waals surface area contributed by atoms with Gasteiger partial charge in [0, 0.05) is 10.0 Å². The average molecular weight is 351 g/mol. The van der Waals surface area contributed by atoms with Crippen molar-refractivity contribution in [2.75, 3.05) is 19.5 Å². The van der Waals surface area contributed by atoms with Crippen LogP contribution in [0.2, 0.25) is 0 Å². The molecule has 110 valence electrons. The predicted molar refractivity (Wildman–Crippen MR) is 84.2 cm³/mol. The first kappa shape index (κ1) is 15.3. The molecule has 1 aromatic heterocycles. The van der Waals surface area contributed by atoms with Crippen molar-refractivity contribution in [1.82, 2.24) is 4.98 Å². The second kappa shape index (κ2) is 6.58. The molecule has 0 unspecified atom stereocenters. The first-order valence-corrected chi connectivity index (χ1v) is 7.01. The minimum Gasteiger partial charge on any atom is -0.493 e. The van der Waals surface area contributed by atoms with Gasteiger partial charge in [-0.3, -0.25) is 4.79 Å². The van der Waals surface area contributed by atoms with Crippen LogP contribution in [0.3, 0.4) is 0 Å². The van der Waals surface area contributed by atoms with E-state index in [4.69, 9.17) is 9.47 Å². The molecule has 1 heterocycles. The van der Waals surface area contributed by atoms with E-state index in [0.29, 0.717) is 22.9 Å². The molecule has 2 aromatic rings. The second-order valence-corrected chi connectivity index (χ2v) is 5.14. The summed E-state index contributed by atoms with van der Waals surface area (Å²) in [4.78, 5) is 16.5. The number of hydrogen-bond acceptors (Lipinski definition) is 4. The number of nitrogens with zero attached hydrogens (tertiary/aromatic N) is 1. The van der Waals surface area contributed by atoms with Crippen molar-refractivity contribution < 1.29 is 14.3 Å². The van der Waals surface area contributed by atoms with Gasteiger partial charge in [-0.1, -0.05) is 0 Å². The molecule has 0 fully saturated rings. The highest BCUT2D eigenvalue weighted by Gasteiger charge is 2.11. The number of pyridine rings is 1. The lowest BCUT2D eigenvalue weighted by Gasteiger charge is -2.10. The largest absolute Gasteiger partial charge is 0.493 e. The number of amides is 1. The number of nitrogens with one attached hydrogen (secondary N) is 1. The number of carbonyl (C=O) groups excluding carboxylic acids is 1. The number of hydrogen-bond donors (Lipinski definition) is 1. The van der Waals surface area contributed by atoms with Crippen molar-refractivity contribution in [2.45, 2.75) is 6.92 Å². The van der Waals surface area contributed by atoms with Gasteiger partial charge in [0.05, 0.1) is 19.9 Å². The zero-order valence-corrected chi connectivity index (χ0v) is 13.5. The third-order valence-electron chi connectivity index (χ3n) is 2.91. The van der Waals surface area contributed by atoms with Gasteiger partial charge in [-0.15, -0.1) is 0 Å². The molecule has 1 aromatic carbocycles. The molecule has 0 atom stereocenters. The summed E-state index contributed by atoms with van der Waals surface area (Å²) in [5.41, 5.74) is 1.27. The number of aryl methyl sites for hydroxylation is 1. The maximum Gasteiger partial charge on any atom is 0.256 e. The van der Waals surface area contributed by atoms with E-state index in [-0.39, 0.29) is 5.91 Å². The molecule has 0 aliphatic rings. The standard InChI is InChI=1S/C15H15BrN2O3/c1-9-11(16)5-7-14(17-9)18-15(19)10-4-6-12(20-2)13(8-10)21-3/h4-8H,1-3H3,(H,17,18,19). The van der Waals surface area contributed by atoms with Gasteiger partial charge >= 0.3 is 0 Å². The Morgan fingerprint density at radius 2 is 1.86 bits per heavy atom. The van der Waals surface area contributed by atoms with Gasteiger partial charge in [0.1, 0.15) is 5.82 Å². The molecule has 0 saturated carbocycles. The molecule has 6 heteroatoms. The molecule has 2 rings (SSSR count). The van der Waals surface area contributed by atoms with E-state index in [0.717, 1.165) is 10.2 Å². The topological polar surface area (TPSA) is 60.5 Å². The highest BCUT2D eigenvalue weighted by molar-refractivity contribution is 9.10. The first-order chi connectivity index (χ1) is 10.0. The van der Waals surface area contributed by atoms with Crippen LogP contribution in [-0.2, 0) is 0 Å². The number of benzene rings is 1. The summed E-state index contributed by atoms with van der Waals surface area (Å²) in [6, 6.07) is 8.55. The van der Waals surface area contributed by atoms with Crippen LogP contribution in [0.4, 0.5) is 5.82 Å². The summed E-state index contributed by atoms with van der Waals surface area (Å²) in [7, 11) is 3.07. The normalized spacial score (nSPS) is 10.1. The molecule has 0 radical (unpaired) electrons. The number of rotatable bonds is 4. The maximum atomic E-state index is 12.2.